The van der Waals surface area contributed by atoms with Crippen LogP contribution in [0.3, 0.4) is 0 Å². The predicted octanol–water partition coefficient (Wildman–Crippen LogP) is 1.71. The molecule has 0 saturated heterocycles. The molecule has 1 aromatic rings. The number of aryl methyl sites for hydroxylation is 1. The van der Waals surface area contributed by atoms with Crippen LogP contribution < -0.4 is 0 Å². The summed E-state index contributed by atoms with van der Waals surface area (Å²) in [5.41, 5.74) is 0.563. The van der Waals surface area contributed by atoms with E-state index in [1.54, 1.807) is 6.07 Å². The van der Waals surface area contributed by atoms with Crippen LogP contribution in [0.25, 0.3) is 0 Å². The number of carboxylic acids is 1. The Morgan fingerprint density at radius 2 is 2.29 bits per heavy atom. The lowest BCUT2D eigenvalue weighted by Crippen LogP contribution is -1.99. The average Bonchev–Trinajstić information content (AvgIpc) is 2.15. The van der Waals surface area contributed by atoms with Crippen molar-refractivity contribution in [1.82, 2.24) is 0 Å². The third-order valence-electron chi connectivity index (χ3n) is 1.79. The van der Waals surface area contributed by atoms with E-state index in [-0.39, 0.29) is 18.4 Å². The number of carbonyl (C=O) groups is 1. The van der Waals surface area contributed by atoms with Gasteiger partial charge in [-0.25, -0.2) is 4.39 Å². The number of benzene rings is 1. The Bertz CT molecular complexity index is 396. The fourth-order valence-corrected chi connectivity index (χ4v) is 1.06. The SMILES string of the molecule is N#Cc1ccc(CCC(=O)O)c(F)c1. The Labute approximate surface area is 80.4 Å². The molecule has 0 unspecified atom stereocenters. The second-order valence-electron chi connectivity index (χ2n) is 2.81. The van der Waals surface area contributed by atoms with Gasteiger partial charge in [0.15, 0.2) is 0 Å². The zero-order chi connectivity index (χ0) is 10.6. The predicted molar refractivity (Wildman–Crippen MR) is 47.1 cm³/mol. The summed E-state index contributed by atoms with van der Waals surface area (Å²) in [6.07, 6.45) is 0.0374. The highest BCUT2D eigenvalue weighted by Gasteiger charge is 2.05. The topological polar surface area (TPSA) is 61.1 Å². The first kappa shape index (κ1) is 10.2. The van der Waals surface area contributed by atoms with Gasteiger partial charge in [0.2, 0.25) is 0 Å². The maximum absolute atomic E-state index is 13.1. The summed E-state index contributed by atoms with van der Waals surface area (Å²) in [6.45, 7) is 0. The van der Waals surface area contributed by atoms with Gasteiger partial charge in [-0.15, -0.1) is 0 Å². The fourth-order valence-electron chi connectivity index (χ4n) is 1.06. The first-order chi connectivity index (χ1) is 6.63. The van der Waals surface area contributed by atoms with Gasteiger partial charge in [0, 0.05) is 6.42 Å². The van der Waals surface area contributed by atoms with Crippen molar-refractivity contribution in [2.45, 2.75) is 12.8 Å². The highest BCUT2D eigenvalue weighted by atomic mass is 19.1. The minimum absolute atomic E-state index is 0.108. The van der Waals surface area contributed by atoms with Crippen molar-refractivity contribution in [1.29, 1.82) is 5.26 Å². The monoisotopic (exact) mass is 193 g/mol. The maximum atomic E-state index is 13.1. The summed E-state index contributed by atoms with van der Waals surface area (Å²) >= 11 is 0. The van der Waals surface area contributed by atoms with E-state index >= 15 is 0 Å². The number of hydrogen-bond donors (Lipinski definition) is 1. The van der Waals surface area contributed by atoms with Crippen molar-refractivity contribution >= 4 is 5.97 Å². The molecule has 0 saturated carbocycles. The Morgan fingerprint density at radius 3 is 2.79 bits per heavy atom. The van der Waals surface area contributed by atoms with E-state index in [2.05, 4.69) is 0 Å². The Kier molecular flexibility index (Phi) is 3.19. The zero-order valence-corrected chi connectivity index (χ0v) is 7.33. The molecule has 0 aromatic heterocycles. The standard InChI is InChI=1S/C10H8FNO2/c11-9-5-7(6-12)1-2-8(9)3-4-10(13)14/h1-2,5H,3-4H2,(H,13,14). The van der Waals surface area contributed by atoms with E-state index < -0.39 is 11.8 Å². The molecule has 1 aromatic carbocycles. The minimum atomic E-state index is -0.964. The van der Waals surface area contributed by atoms with Crippen LogP contribution in [0.15, 0.2) is 18.2 Å². The van der Waals surface area contributed by atoms with Crippen molar-refractivity contribution in [2.24, 2.45) is 0 Å². The number of aliphatic carboxylic acids is 1. The van der Waals surface area contributed by atoms with Gasteiger partial charge in [0.25, 0.3) is 0 Å². The average molecular weight is 193 g/mol. The van der Waals surface area contributed by atoms with Crippen molar-refractivity contribution < 1.29 is 14.3 Å². The number of carboxylic acid groups (broad SMARTS) is 1. The molecule has 1 N–H and O–H groups in total. The zero-order valence-electron chi connectivity index (χ0n) is 7.33. The molecule has 3 nitrogen and oxygen atoms in total. The molecule has 0 atom stereocenters. The van der Waals surface area contributed by atoms with Gasteiger partial charge in [-0.3, -0.25) is 4.79 Å². The van der Waals surface area contributed by atoms with Crippen molar-refractivity contribution in [3.8, 4) is 6.07 Å². The molecule has 14 heavy (non-hydrogen) atoms. The lowest BCUT2D eigenvalue weighted by Gasteiger charge is -2.00. The quantitative estimate of drug-likeness (QED) is 0.794. The molecule has 0 amide bonds. The second kappa shape index (κ2) is 4.38. The van der Waals surface area contributed by atoms with Crippen LogP contribution in [-0.2, 0) is 11.2 Å². The lowest BCUT2D eigenvalue weighted by atomic mass is 10.1. The number of rotatable bonds is 3. The van der Waals surface area contributed by atoms with Gasteiger partial charge < -0.3 is 5.11 Å². The van der Waals surface area contributed by atoms with Crippen molar-refractivity contribution in [2.75, 3.05) is 0 Å². The molecule has 0 radical (unpaired) electrons. The number of nitriles is 1. The van der Waals surface area contributed by atoms with Gasteiger partial charge >= 0.3 is 5.97 Å². The molecular formula is C10H8FNO2. The van der Waals surface area contributed by atoms with Crippen molar-refractivity contribution in [3.05, 3.63) is 35.1 Å². The third-order valence-corrected chi connectivity index (χ3v) is 1.79. The van der Waals surface area contributed by atoms with E-state index in [0.717, 1.165) is 6.07 Å². The second-order valence-corrected chi connectivity index (χ2v) is 2.81. The lowest BCUT2D eigenvalue weighted by molar-refractivity contribution is -0.136. The summed E-state index contributed by atoms with van der Waals surface area (Å²) in [5, 5.41) is 16.9. The molecule has 0 aliphatic carbocycles. The minimum Gasteiger partial charge on any atom is -0.481 e. The number of halogens is 1. The Morgan fingerprint density at radius 1 is 1.57 bits per heavy atom. The smallest absolute Gasteiger partial charge is 0.303 e. The van der Waals surface area contributed by atoms with Crippen LogP contribution in [-0.4, -0.2) is 11.1 Å². The molecule has 1 rings (SSSR count). The molecule has 0 bridgehead atoms. The molecule has 0 aliphatic rings. The van der Waals surface area contributed by atoms with Crippen LogP contribution in [0, 0.1) is 17.1 Å². The molecule has 72 valence electrons. The molecule has 0 heterocycles. The third kappa shape index (κ3) is 2.56. The highest BCUT2D eigenvalue weighted by molar-refractivity contribution is 5.67. The van der Waals surface area contributed by atoms with Gasteiger partial charge in [0.05, 0.1) is 11.6 Å². The molecule has 0 aliphatic heterocycles. The van der Waals surface area contributed by atoms with Crippen LogP contribution in [0.2, 0.25) is 0 Å². The van der Waals surface area contributed by atoms with Gasteiger partial charge in [-0.05, 0) is 24.1 Å². The van der Waals surface area contributed by atoms with Crippen LogP contribution in [0.5, 0.6) is 0 Å². The number of hydrogen-bond acceptors (Lipinski definition) is 2. The first-order valence-electron chi connectivity index (χ1n) is 4.04. The van der Waals surface area contributed by atoms with Crippen LogP contribution >= 0.6 is 0 Å². The normalized spacial score (nSPS) is 9.43. The van der Waals surface area contributed by atoms with Crippen LogP contribution in [0.1, 0.15) is 17.5 Å². The van der Waals surface area contributed by atoms with E-state index in [4.69, 9.17) is 10.4 Å². The van der Waals surface area contributed by atoms with E-state index in [9.17, 15) is 9.18 Å². The number of nitrogens with zero attached hydrogens (tertiary/aromatic N) is 1. The van der Waals surface area contributed by atoms with Gasteiger partial charge in [0.1, 0.15) is 5.82 Å². The van der Waals surface area contributed by atoms with Gasteiger partial charge in [-0.1, -0.05) is 6.07 Å². The first-order valence-corrected chi connectivity index (χ1v) is 4.04. The summed E-state index contributed by atoms with van der Waals surface area (Å²) in [5.74, 6) is -1.49. The van der Waals surface area contributed by atoms with E-state index in [1.807, 2.05) is 0 Å². The molecule has 0 fully saturated rings. The van der Waals surface area contributed by atoms with Gasteiger partial charge in [-0.2, -0.15) is 5.26 Å². The summed E-state index contributed by atoms with van der Waals surface area (Å²) in [4.78, 5) is 10.2. The molecule has 4 heteroatoms. The highest BCUT2D eigenvalue weighted by Crippen LogP contribution is 2.11. The van der Waals surface area contributed by atoms with E-state index in [0.29, 0.717) is 5.56 Å². The largest absolute Gasteiger partial charge is 0.481 e. The van der Waals surface area contributed by atoms with E-state index in [1.165, 1.54) is 12.1 Å². The van der Waals surface area contributed by atoms with Crippen LogP contribution in [0.4, 0.5) is 4.39 Å². The summed E-state index contributed by atoms with van der Waals surface area (Å²) in [7, 11) is 0. The Balaban J connectivity index is 2.80. The summed E-state index contributed by atoms with van der Waals surface area (Å²) < 4.78 is 13.1. The summed E-state index contributed by atoms with van der Waals surface area (Å²) in [6, 6.07) is 5.83. The van der Waals surface area contributed by atoms with Crippen molar-refractivity contribution in [3.63, 3.8) is 0 Å². The fraction of sp³-hybridized carbons (Fsp3) is 0.200. The molecule has 0 spiro atoms. The maximum Gasteiger partial charge on any atom is 0.303 e. The molecular weight excluding hydrogens is 185 g/mol. The Hall–Kier alpha value is -1.89.